The summed E-state index contributed by atoms with van der Waals surface area (Å²) < 4.78 is 57.1. The predicted octanol–water partition coefficient (Wildman–Crippen LogP) is 0.988. The summed E-state index contributed by atoms with van der Waals surface area (Å²) in [4.78, 5) is 10.5. The third-order valence-corrected chi connectivity index (χ3v) is 1.22. The number of hydrogen-bond donors (Lipinski definition) is 0. The van der Waals surface area contributed by atoms with Gasteiger partial charge in [-0.05, 0) is 13.8 Å². The molecule has 0 radical (unpaired) electrons. The predicted molar refractivity (Wildman–Crippen MR) is 41.7 cm³/mol. The lowest BCUT2D eigenvalue weighted by atomic mass is 10.3. The molecule has 0 aliphatic rings. The van der Waals surface area contributed by atoms with Crippen LogP contribution in [0.25, 0.3) is 0 Å². The molecule has 0 atom stereocenters. The van der Waals surface area contributed by atoms with Gasteiger partial charge in [-0.3, -0.25) is 0 Å². The van der Waals surface area contributed by atoms with Crippen LogP contribution in [0.15, 0.2) is 0 Å². The van der Waals surface area contributed by atoms with E-state index in [1.54, 1.807) is 0 Å². The van der Waals surface area contributed by atoms with E-state index >= 15 is 0 Å². The van der Waals surface area contributed by atoms with Crippen molar-refractivity contribution in [2.75, 3.05) is 7.11 Å². The zero-order valence-corrected chi connectivity index (χ0v) is 8.31. The summed E-state index contributed by atoms with van der Waals surface area (Å²) in [5.41, 5.74) is 0. The highest BCUT2D eigenvalue weighted by atomic mass is 19.3. The van der Waals surface area contributed by atoms with Gasteiger partial charge in [0.05, 0.1) is 6.10 Å². The summed E-state index contributed by atoms with van der Waals surface area (Å²) >= 11 is 0. The minimum absolute atomic E-state index is 0. The molecule has 0 bridgehead atoms. The Morgan fingerprint density at radius 1 is 1.20 bits per heavy atom. The summed E-state index contributed by atoms with van der Waals surface area (Å²) in [5.74, 6) is -7.29. The van der Waals surface area contributed by atoms with Crippen LogP contribution in [0, 0.1) is 0 Å². The summed E-state index contributed by atoms with van der Waals surface area (Å²) in [7, 11) is 0.372. The Hall–Kier alpha value is -0.890. The van der Waals surface area contributed by atoms with Crippen LogP contribution in [0.3, 0.4) is 0 Å². The third kappa shape index (κ3) is 3.63. The standard InChI is InChI=1S/C7H10F4O3.H2O/c1-4(2)14-5(12)6(8,9)7(10,11)13-3;/h4H,1-3H3;1H2. The normalized spacial score (nSPS) is 12.3. The molecule has 0 rings (SSSR count). The molecule has 0 unspecified atom stereocenters. The molecular formula is C7H12F4O4. The van der Waals surface area contributed by atoms with Crippen LogP contribution in [0.5, 0.6) is 0 Å². The third-order valence-electron chi connectivity index (χ3n) is 1.22. The first kappa shape index (κ1) is 16.5. The van der Waals surface area contributed by atoms with Crippen molar-refractivity contribution in [2.24, 2.45) is 0 Å². The highest BCUT2D eigenvalue weighted by molar-refractivity contribution is 5.78. The van der Waals surface area contributed by atoms with Gasteiger partial charge in [0.25, 0.3) is 0 Å². The average molecular weight is 236 g/mol. The second kappa shape index (κ2) is 5.26. The van der Waals surface area contributed by atoms with E-state index in [4.69, 9.17) is 0 Å². The Kier molecular flexibility index (Phi) is 5.80. The van der Waals surface area contributed by atoms with Gasteiger partial charge in [-0.2, -0.15) is 17.6 Å². The van der Waals surface area contributed by atoms with Crippen molar-refractivity contribution >= 4 is 5.97 Å². The molecular weight excluding hydrogens is 224 g/mol. The summed E-state index contributed by atoms with van der Waals surface area (Å²) in [5, 5.41) is 0. The highest BCUT2D eigenvalue weighted by Crippen LogP contribution is 2.35. The molecule has 92 valence electrons. The van der Waals surface area contributed by atoms with Crippen LogP contribution in [0.4, 0.5) is 17.6 Å². The number of alkyl halides is 4. The smallest absolute Gasteiger partial charge is 0.431 e. The molecule has 0 saturated carbocycles. The minimum Gasteiger partial charge on any atom is -0.458 e. The molecule has 0 aromatic heterocycles. The molecule has 2 N–H and O–H groups in total. The molecule has 0 fully saturated rings. The first-order chi connectivity index (χ1) is 6.15. The molecule has 0 aromatic rings. The van der Waals surface area contributed by atoms with E-state index in [0.29, 0.717) is 7.11 Å². The molecule has 0 aliphatic heterocycles. The van der Waals surface area contributed by atoms with Gasteiger partial charge in [0.15, 0.2) is 0 Å². The van der Waals surface area contributed by atoms with Crippen molar-refractivity contribution in [3.05, 3.63) is 0 Å². The number of halogens is 4. The van der Waals surface area contributed by atoms with E-state index in [2.05, 4.69) is 9.47 Å². The van der Waals surface area contributed by atoms with Crippen molar-refractivity contribution in [1.29, 1.82) is 0 Å². The van der Waals surface area contributed by atoms with Gasteiger partial charge in [0.2, 0.25) is 0 Å². The lowest BCUT2D eigenvalue weighted by Gasteiger charge is -2.23. The van der Waals surface area contributed by atoms with Gasteiger partial charge in [0.1, 0.15) is 0 Å². The minimum atomic E-state index is -4.98. The fourth-order valence-electron chi connectivity index (χ4n) is 0.535. The molecule has 15 heavy (non-hydrogen) atoms. The molecule has 0 saturated heterocycles. The Bertz CT molecular complexity index is 217. The van der Waals surface area contributed by atoms with E-state index in [1.807, 2.05) is 0 Å². The lowest BCUT2D eigenvalue weighted by molar-refractivity contribution is -0.330. The Labute approximate surface area is 83.5 Å². The first-order valence-electron chi connectivity index (χ1n) is 3.67. The second-order valence-electron chi connectivity index (χ2n) is 2.75. The maximum absolute atomic E-state index is 12.6. The van der Waals surface area contributed by atoms with Crippen molar-refractivity contribution < 1.29 is 37.3 Å². The zero-order valence-electron chi connectivity index (χ0n) is 8.31. The Morgan fingerprint density at radius 3 is 1.87 bits per heavy atom. The first-order valence-corrected chi connectivity index (χ1v) is 3.67. The van der Waals surface area contributed by atoms with Crippen LogP contribution in [0.2, 0.25) is 0 Å². The molecule has 0 spiro atoms. The maximum Gasteiger partial charge on any atom is 0.431 e. The van der Waals surface area contributed by atoms with Gasteiger partial charge in [0, 0.05) is 7.11 Å². The molecule has 0 heterocycles. The SMILES string of the molecule is COC(F)(F)C(F)(F)C(=O)OC(C)C.O. The molecule has 8 heteroatoms. The van der Waals surface area contributed by atoms with E-state index in [0.717, 1.165) is 0 Å². The fourth-order valence-corrected chi connectivity index (χ4v) is 0.535. The van der Waals surface area contributed by atoms with Crippen LogP contribution in [0.1, 0.15) is 13.8 Å². The molecule has 0 amide bonds. The molecule has 0 aliphatic carbocycles. The number of rotatable bonds is 4. The second-order valence-corrected chi connectivity index (χ2v) is 2.75. The van der Waals surface area contributed by atoms with Crippen LogP contribution in [-0.4, -0.2) is 36.7 Å². The van der Waals surface area contributed by atoms with Crippen molar-refractivity contribution in [1.82, 2.24) is 0 Å². The summed E-state index contributed by atoms with van der Waals surface area (Å²) in [6.45, 7) is 2.53. The summed E-state index contributed by atoms with van der Waals surface area (Å²) in [6, 6.07) is 0. The monoisotopic (exact) mass is 236 g/mol. The van der Waals surface area contributed by atoms with Crippen molar-refractivity contribution in [2.45, 2.75) is 32.0 Å². The fraction of sp³-hybridized carbons (Fsp3) is 0.857. The van der Waals surface area contributed by atoms with Crippen molar-refractivity contribution in [3.8, 4) is 0 Å². The molecule has 0 aromatic carbocycles. The van der Waals surface area contributed by atoms with Crippen LogP contribution in [-0.2, 0) is 14.3 Å². The Balaban J connectivity index is 0. The van der Waals surface area contributed by atoms with Crippen molar-refractivity contribution in [3.63, 3.8) is 0 Å². The van der Waals surface area contributed by atoms with Crippen LogP contribution < -0.4 is 0 Å². The van der Waals surface area contributed by atoms with Gasteiger partial charge in [-0.25, -0.2) is 4.79 Å². The van der Waals surface area contributed by atoms with Gasteiger partial charge >= 0.3 is 18.0 Å². The number of carbonyl (C=O) groups excluding carboxylic acids is 1. The zero-order chi connectivity index (χ0) is 11.6. The number of methoxy groups -OCH3 is 1. The van der Waals surface area contributed by atoms with Crippen LogP contribution >= 0.6 is 0 Å². The van der Waals surface area contributed by atoms with Gasteiger partial charge in [-0.15, -0.1) is 0 Å². The van der Waals surface area contributed by atoms with E-state index in [-0.39, 0.29) is 5.48 Å². The van der Waals surface area contributed by atoms with E-state index in [9.17, 15) is 22.4 Å². The number of ether oxygens (including phenoxy) is 2. The quantitative estimate of drug-likeness (QED) is 0.540. The van der Waals surface area contributed by atoms with Gasteiger partial charge in [-0.1, -0.05) is 0 Å². The lowest BCUT2D eigenvalue weighted by Crippen LogP contribution is -2.49. The van der Waals surface area contributed by atoms with E-state index < -0.39 is 24.1 Å². The maximum atomic E-state index is 12.6. The number of hydrogen-bond acceptors (Lipinski definition) is 3. The van der Waals surface area contributed by atoms with Gasteiger partial charge < -0.3 is 14.9 Å². The average Bonchev–Trinajstić information content (AvgIpc) is 2.02. The Morgan fingerprint density at radius 2 is 1.60 bits per heavy atom. The topological polar surface area (TPSA) is 67.0 Å². The highest BCUT2D eigenvalue weighted by Gasteiger charge is 2.64. The largest absolute Gasteiger partial charge is 0.458 e. The summed E-state index contributed by atoms with van der Waals surface area (Å²) in [6.07, 6.45) is -5.76. The van der Waals surface area contributed by atoms with E-state index in [1.165, 1.54) is 13.8 Å². The molecule has 4 nitrogen and oxygen atoms in total. The number of carbonyl (C=O) groups is 1. The number of esters is 1.